The topological polar surface area (TPSA) is 75.3 Å². The van der Waals surface area contributed by atoms with Crippen LogP contribution in [-0.4, -0.2) is 14.3 Å². The van der Waals surface area contributed by atoms with E-state index in [0.29, 0.717) is 0 Å². The van der Waals surface area contributed by atoms with Crippen LogP contribution in [0.25, 0.3) is 0 Å². The van der Waals surface area contributed by atoms with Crippen molar-refractivity contribution in [3.8, 4) is 0 Å². The highest BCUT2D eigenvalue weighted by Gasteiger charge is 2.20. The van der Waals surface area contributed by atoms with E-state index in [1.54, 1.807) is 31.2 Å². The molecule has 1 unspecified atom stereocenters. The number of carbonyl (C=O) groups is 1. The van der Waals surface area contributed by atoms with Gasteiger partial charge in [-0.05, 0) is 42.8 Å². The average molecular weight is 416 g/mol. The molecule has 0 aromatic heterocycles. The molecule has 1 amide bonds. The molecule has 3 aromatic carbocycles. The molecule has 5 nitrogen and oxygen atoms in total. The fraction of sp³-hybridized carbons (Fsp3) is 0.0952. The molecule has 8 heteroatoms. The Hall–Kier alpha value is -3.10. The first-order chi connectivity index (χ1) is 13.8. The predicted molar refractivity (Wildman–Crippen MR) is 106 cm³/mol. The molecule has 0 bridgehead atoms. The zero-order chi connectivity index (χ0) is 21.0. The van der Waals surface area contributed by atoms with E-state index in [1.165, 1.54) is 24.3 Å². The molecule has 0 fully saturated rings. The molecule has 0 spiro atoms. The molecular formula is C21H18F2N2O3S. The molecule has 0 aliphatic carbocycles. The second-order valence-corrected chi connectivity index (χ2v) is 8.05. The number of rotatable bonds is 6. The molecule has 0 radical (unpaired) electrons. The maximum Gasteiger partial charge on any atom is 0.255 e. The molecule has 150 valence electrons. The minimum Gasteiger partial charge on any atom is -0.317 e. The van der Waals surface area contributed by atoms with E-state index in [0.717, 1.165) is 23.8 Å². The van der Waals surface area contributed by atoms with E-state index < -0.39 is 39.3 Å². The highest BCUT2D eigenvalue weighted by atomic mass is 32.2. The quantitative estimate of drug-likeness (QED) is 0.631. The van der Waals surface area contributed by atoms with Gasteiger partial charge in [0.25, 0.3) is 5.91 Å². The van der Waals surface area contributed by atoms with Crippen molar-refractivity contribution in [2.45, 2.75) is 17.9 Å². The number of carbonyl (C=O) groups excluding carboxylic acids is 1. The van der Waals surface area contributed by atoms with Crippen LogP contribution in [0, 0.1) is 11.6 Å². The summed E-state index contributed by atoms with van der Waals surface area (Å²) in [6.07, 6.45) is 0. The van der Waals surface area contributed by atoms with Crippen molar-refractivity contribution in [3.63, 3.8) is 0 Å². The third-order valence-corrected chi connectivity index (χ3v) is 5.78. The summed E-state index contributed by atoms with van der Waals surface area (Å²) >= 11 is 0. The minimum atomic E-state index is -3.93. The zero-order valence-electron chi connectivity index (χ0n) is 15.4. The van der Waals surface area contributed by atoms with Gasteiger partial charge in [-0.3, -0.25) is 4.79 Å². The Morgan fingerprint density at radius 3 is 2.17 bits per heavy atom. The van der Waals surface area contributed by atoms with Crippen molar-refractivity contribution in [1.29, 1.82) is 0 Å². The van der Waals surface area contributed by atoms with E-state index in [2.05, 4.69) is 10.0 Å². The number of nitrogens with one attached hydrogen (secondary N) is 2. The van der Waals surface area contributed by atoms with Crippen LogP contribution in [0.5, 0.6) is 0 Å². The van der Waals surface area contributed by atoms with Crippen LogP contribution in [0.4, 0.5) is 14.5 Å². The van der Waals surface area contributed by atoms with E-state index in [-0.39, 0.29) is 10.5 Å². The molecule has 3 aromatic rings. The van der Waals surface area contributed by atoms with Gasteiger partial charge in [-0.2, -0.15) is 0 Å². The molecular weight excluding hydrogens is 398 g/mol. The van der Waals surface area contributed by atoms with Crippen molar-refractivity contribution in [2.24, 2.45) is 0 Å². The highest BCUT2D eigenvalue weighted by molar-refractivity contribution is 7.89. The Bertz CT molecular complexity index is 1120. The van der Waals surface area contributed by atoms with Crippen LogP contribution in [-0.2, 0) is 10.0 Å². The number of amides is 1. The smallest absolute Gasteiger partial charge is 0.255 e. The van der Waals surface area contributed by atoms with Crippen LogP contribution < -0.4 is 10.0 Å². The Labute approximate surface area is 167 Å². The molecule has 0 saturated heterocycles. The lowest BCUT2D eigenvalue weighted by atomic mass is 10.1. The largest absolute Gasteiger partial charge is 0.317 e. The van der Waals surface area contributed by atoms with E-state index in [4.69, 9.17) is 0 Å². The number of hydrogen-bond acceptors (Lipinski definition) is 3. The van der Waals surface area contributed by atoms with Crippen LogP contribution in [0.2, 0.25) is 0 Å². The first-order valence-corrected chi connectivity index (χ1v) is 10.2. The molecule has 0 heterocycles. The van der Waals surface area contributed by atoms with Gasteiger partial charge in [0.15, 0.2) is 0 Å². The Morgan fingerprint density at radius 1 is 0.897 bits per heavy atom. The molecule has 29 heavy (non-hydrogen) atoms. The fourth-order valence-electron chi connectivity index (χ4n) is 2.72. The highest BCUT2D eigenvalue weighted by Crippen LogP contribution is 2.21. The molecule has 0 saturated carbocycles. The molecule has 3 rings (SSSR count). The van der Waals surface area contributed by atoms with Gasteiger partial charge in [0, 0.05) is 11.6 Å². The zero-order valence-corrected chi connectivity index (χ0v) is 16.2. The molecule has 0 aliphatic rings. The standard InChI is InChI=1S/C21H18F2N2O3S/c1-14(15-7-3-2-4-8-15)25-29(27,28)17-10-5-9-16(13-17)21(26)24-20-18(22)11-6-12-19(20)23/h2-14,25H,1H3,(H,24,26). The van der Waals surface area contributed by atoms with E-state index in [1.807, 2.05) is 6.07 Å². The normalized spacial score (nSPS) is 12.4. The summed E-state index contributed by atoms with van der Waals surface area (Å²) in [7, 11) is -3.93. The monoisotopic (exact) mass is 416 g/mol. The van der Waals surface area contributed by atoms with E-state index in [9.17, 15) is 22.0 Å². The van der Waals surface area contributed by atoms with Crippen LogP contribution in [0.3, 0.4) is 0 Å². The SMILES string of the molecule is CC(NS(=O)(=O)c1cccc(C(=O)Nc2c(F)cccc2F)c1)c1ccccc1. The van der Waals surface area contributed by atoms with Gasteiger partial charge in [0.1, 0.15) is 17.3 Å². The Balaban J connectivity index is 1.82. The minimum absolute atomic E-state index is 0.0529. The second kappa shape index (κ2) is 8.50. The van der Waals surface area contributed by atoms with Crippen molar-refractivity contribution in [1.82, 2.24) is 4.72 Å². The number of sulfonamides is 1. The van der Waals surface area contributed by atoms with Gasteiger partial charge in [-0.1, -0.05) is 42.5 Å². The summed E-state index contributed by atoms with van der Waals surface area (Å²) in [5.41, 5.74) is 0.129. The van der Waals surface area contributed by atoms with Gasteiger partial charge in [0.05, 0.1) is 4.90 Å². The summed E-state index contributed by atoms with van der Waals surface area (Å²) in [5, 5.41) is 2.14. The summed E-state index contributed by atoms with van der Waals surface area (Å²) in [5.74, 6) is -2.69. The van der Waals surface area contributed by atoms with Crippen molar-refractivity contribution >= 4 is 21.6 Å². The summed E-state index contributed by atoms with van der Waals surface area (Å²) in [6.45, 7) is 1.70. The molecule has 1 atom stereocenters. The van der Waals surface area contributed by atoms with Gasteiger partial charge in [0.2, 0.25) is 10.0 Å². The number of halogens is 2. The number of benzene rings is 3. The lowest BCUT2D eigenvalue weighted by Gasteiger charge is -2.15. The Kier molecular flexibility index (Phi) is 6.05. The summed E-state index contributed by atoms with van der Waals surface area (Å²) < 4.78 is 55.4. The first kappa shape index (κ1) is 20.6. The first-order valence-electron chi connectivity index (χ1n) is 8.70. The van der Waals surface area contributed by atoms with Crippen molar-refractivity contribution < 1.29 is 22.0 Å². The number of anilines is 1. The third kappa shape index (κ3) is 4.85. The average Bonchev–Trinajstić information content (AvgIpc) is 2.71. The van der Waals surface area contributed by atoms with Crippen LogP contribution >= 0.6 is 0 Å². The van der Waals surface area contributed by atoms with Gasteiger partial charge < -0.3 is 5.32 Å². The third-order valence-electron chi connectivity index (χ3n) is 4.24. The lowest BCUT2D eigenvalue weighted by Crippen LogP contribution is -2.27. The van der Waals surface area contributed by atoms with E-state index >= 15 is 0 Å². The predicted octanol–water partition coefficient (Wildman–Crippen LogP) is 4.26. The second-order valence-electron chi connectivity index (χ2n) is 6.33. The maximum atomic E-state index is 13.7. The molecule has 0 aliphatic heterocycles. The van der Waals surface area contributed by atoms with Crippen molar-refractivity contribution in [3.05, 3.63) is 95.6 Å². The summed E-state index contributed by atoms with van der Waals surface area (Å²) in [4.78, 5) is 12.2. The fourth-order valence-corrected chi connectivity index (χ4v) is 4.00. The number of hydrogen-bond donors (Lipinski definition) is 2. The molecule has 2 N–H and O–H groups in total. The maximum absolute atomic E-state index is 13.7. The van der Waals surface area contributed by atoms with Crippen molar-refractivity contribution in [2.75, 3.05) is 5.32 Å². The Morgan fingerprint density at radius 2 is 1.52 bits per heavy atom. The van der Waals surface area contributed by atoms with Gasteiger partial charge in [-0.15, -0.1) is 0 Å². The van der Waals surface area contributed by atoms with Crippen LogP contribution in [0.15, 0.2) is 77.7 Å². The number of para-hydroxylation sites is 1. The van der Waals surface area contributed by atoms with Gasteiger partial charge >= 0.3 is 0 Å². The lowest BCUT2D eigenvalue weighted by molar-refractivity contribution is 0.102. The van der Waals surface area contributed by atoms with Gasteiger partial charge in [-0.25, -0.2) is 21.9 Å². The van der Waals surface area contributed by atoms with Crippen LogP contribution in [0.1, 0.15) is 28.9 Å². The summed E-state index contributed by atoms with van der Waals surface area (Å²) in [6, 6.07) is 16.9.